The number of rotatable bonds is 5. The quantitative estimate of drug-likeness (QED) is 0.850. The highest BCUT2D eigenvalue weighted by atomic mass is 35.5. The minimum absolute atomic E-state index is 0.00271. The highest BCUT2D eigenvalue weighted by Crippen LogP contribution is 2.32. The van der Waals surface area contributed by atoms with Crippen molar-refractivity contribution in [3.8, 4) is 0 Å². The van der Waals surface area contributed by atoms with Gasteiger partial charge in [-0.3, -0.25) is 4.79 Å². The SMILES string of the molecule is O=C(O)Cc1ccc(CNc2c(Cl)cc(F)cc2Cl)s1. The molecule has 3 nitrogen and oxygen atoms in total. The van der Waals surface area contributed by atoms with Gasteiger partial charge in [0.05, 0.1) is 22.2 Å². The van der Waals surface area contributed by atoms with Crippen LogP contribution in [0.5, 0.6) is 0 Å². The Balaban J connectivity index is 2.05. The molecular formula is C13H10Cl2FNO2S. The maximum absolute atomic E-state index is 13.0. The van der Waals surface area contributed by atoms with Gasteiger partial charge in [0.25, 0.3) is 0 Å². The second kappa shape index (κ2) is 6.43. The van der Waals surface area contributed by atoms with E-state index in [1.165, 1.54) is 23.5 Å². The molecule has 0 bridgehead atoms. The number of anilines is 1. The predicted molar refractivity (Wildman–Crippen MR) is 79.4 cm³/mol. The smallest absolute Gasteiger partial charge is 0.308 e. The average Bonchev–Trinajstić information content (AvgIpc) is 2.74. The first-order valence-electron chi connectivity index (χ1n) is 5.63. The lowest BCUT2D eigenvalue weighted by Crippen LogP contribution is -1.99. The molecule has 0 saturated heterocycles. The van der Waals surface area contributed by atoms with E-state index in [1.54, 1.807) is 6.07 Å². The van der Waals surface area contributed by atoms with Gasteiger partial charge in [0.1, 0.15) is 5.82 Å². The number of nitrogens with one attached hydrogen (secondary N) is 1. The van der Waals surface area contributed by atoms with Crippen molar-refractivity contribution in [1.29, 1.82) is 0 Å². The van der Waals surface area contributed by atoms with Gasteiger partial charge in [-0.1, -0.05) is 23.2 Å². The minimum atomic E-state index is -0.865. The molecule has 106 valence electrons. The van der Waals surface area contributed by atoms with Crippen molar-refractivity contribution in [2.45, 2.75) is 13.0 Å². The van der Waals surface area contributed by atoms with Gasteiger partial charge in [-0.25, -0.2) is 4.39 Å². The average molecular weight is 334 g/mol. The maximum atomic E-state index is 13.0. The lowest BCUT2D eigenvalue weighted by molar-refractivity contribution is -0.136. The Morgan fingerprint density at radius 3 is 2.45 bits per heavy atom. The molecule has 2 aromatic rings. The summed E-state index contributed by atoms with van der Waals surface area (Å²) in [5.41, 5.74) is 0.461. The van der Waals surface area contributed by atoms with E-state index < -0.39 is 11.8 Å². The van der Waals surface area contributed by atoms with Crippen molar-refractivity contribution in [2.24, 2.45) is 0 Å². The first-order valence-corrected chi connectivity index (χ1v) is 7.20. The van der Waals surface area contributed by atoms with Gasteiger partial charge in [-0.2, -0.15) is 0 Å². The molecule has 0 saturated carbocycles. The number of carboxylic acids is 1. The van der Waals surface area contributed by atoms with E-state index >= 15 is 0 Å². The molecule has 2 rings (SSSR count). The van der Waals surface area contributed by atoms with Gasteiger partial charge in [-0.05, 0) is 24.3 Å². The summed E-state index contributed by atoms with van der Waals surface area (Å²) < 4.78 is 13.0. The van der Waals surface area contributed by atoms with E-state index in [0.717, 1.165) is 9.75 Å². The normalized spacial score (nSPS) is 10.6. The van der Waals surface area contributed by atoms with Crippen LogP contribution in [-0.2, 0) is 17.8 Å². The molecule has 2 N–H and O–H groups in total. The topological polar surface area (TPSA) is 49.3 Å². The van der Waals surface area contributed by atoms with Gasteiger partial charge in [-0.15, -0.1) is 11.3 Å². The molecule has 0 radical (unpaired) electrons. The van der Waals surface area contributed by atoms with Gasteiger partial charge >= 0.3 is 5.97 Å². The zero-order chi connectivity index (χ0) is 14.7. The third-order valence-corrected chi connectivity index (χ3v) is 4.17. The van der Waals surface area contributed by atoms with Crippen LogP contribution in [0.15, 0.2) is 24.3 Å². The molecule has 0 aliphatic rings. The van der Waals surface area contributed by atoms with Gasteiger partial charge in [0, 0.05) is 16.3 Å². The van der Waals surface area contributed by atoms with Crippen LogP contribution in [0.3, 0.4) is 0 Å². The van der Waals surface area contributed by atoms with Crippen molar-refractivity contribution in [3.63, 3.8) is 0 Å². The Morgan fingerprint density at radius 1 is 1.25 bits per heavy atom. The standard InChI is InChI=1S/C13H10Cl2FNO2S/c14-10-3-7(16)4-11(15)13(10)17-6-9-2-1-8(20-9)5-12(18)19/h1-4,17H,5-6H2,(H,18,19). The highest BCUT2D eigenvalue weighted by Gasteiger charge is 2.09. The second-order valence-electron chi connectivity index (χ2n) is 4.04. The van der Waals surface area contributed by atoms with Crippen LogP contribution in [0, 0.1) is 5.82 Å². The molecule has 0 unspecified atom stereocenters. The number of carbonyl (C=O) groups is 1. The highest BCUT2D eigenvalue weighted by molar-refractivity contribution is 7.12. The Labute approximate surface area is 129 Å². The number of thiophene rings is 1. The van der Waals surface area contributed by atoms with Crippen molar-refractivity contribution in [3.05, 3.63) is 49.9 Å². The minimum Gasteiger partial charge on any atom is -0.481 e. The van der Waals surface area contributed by atoms with Crippen LogP contribution in [0.4, 0.5) is 10.1 Å². The van der Waals surface area contributed by atoms with E-state index in [4.69, 9.17) is 28.3 Å². The lowest BCUT2D eigenvalue weighted by atomic mass is 10.3. The molecule has 0 amide bonds. The maximum Gasteiger partial charge on any atom is 0.308 e. The van der Waals surface area contributed by atoms with Crippen LogP contribution < -0.4 is 5.32 Å². The molecular weight excluding hydrogens is 324 g/mol. The van der Waals surface area contributed by atoms with Crippen molar-refractivity contribution >= 4 is 46.2 Å². The van der Waals surface area contributed by atoms with Gasteiger partial charge < -0.3 is 10.4 Å². The van der Waals surface area contributed by atoms with Crippen molar-refractivity contribution in [2.75, 3.05) is 5.32 Å². The van der Waals surface area contributed by atoms with Crippen LogP contribution in [0.2, 0.25) is 10.0 Å². The Bertz CT molecular complexity index is 622. The molecule has 20 heavy (non-hydrogen) atoms. The summed E-state index contributed by atoms with van der Waals surface area (Å²) in [4.78, 5) is 12.3. The number of carboxylic acid groups (broad SMARTS) is 1. The van der Waals surface area contributed by atoms with Crippen molar-refractivity contribution in [1.82, 2.24) is 0 Å². The summed E-state index contributed by atoms with van der Waals surface area (Å²) in [6, 6.07) is 5.96. The van der Waals surface area contributed by atoms with Crippen LogP contribution in [-0.4, -0.2) is 11.1 Å². The van der Waals surface area contributed by atoms with Crippen molar-refractivity contribution < 1.29 is 14.3 Å². The second-order valence-corrected chi connectivity index (χ2v) is 6.10. The zero-order valence-corrected chi connectivity index (χ0v) is 12.4. The number of hydrogen-bond donors (Lipinski definition) is 2. The molecule has 1 aromatic carbocycles. The monoisotopic (exact) mass is 333 g/mol. The van der Waals surface area contributed by atoms with E-state index in [2.05, 4.69) is 5.32 Å². The van der Waals surface area contributed by atoms with E-state index in [0.29, 0.717) is 12.2 Å². The molecule has 1 heterocycles. The molecule has 0 fully saturated rings. The summed E-state index contributed by atoms with van der Waals surface area (Å²) in [7, 11) is 0. The first-order chi connectivity index (χ1) is 9.45. The van der Waals surface area contributed by atoms with E-state index in [9.17, 15) is 9.18 Å². The van der Waals surface area contributed by atoms with Crippen LogP contribution in [0.1, 0.15) is 9.75 Å². The lowest BCUT2D eigenvalue weighted by Gasteiger charge is -2.09. The largest absolute Gasteiger partial charge is 0.481 e. The number of halogens is 3. The third-order valence-electron chi connectivity index (χ3n) is 2.49. The molecule has 0 atom stereocenters. The fraction of sp³-hybridized carbons (Fsp3) is 0.154. The summed E-state index contributed by atoms with van der Waals surface area (Å²) in [6.07, 6.45) is 0.00271. The molecule has 7 heteroatoms. The Morgan fingerprint density at radius 2 is 1.85 bits per heavy atom. The predicted octanol–water partition coefficient (Wildman–Crippen LogP) is 4.43. The molecule has 0 aliphatic heterocycles. The van der Waals surface area contributed by atoms with E-state index in [1.807, 2.05) is 6.07 Å². The number of hydrogen-bond acceptors (Lipinski definition) is 3. The number of aliphatic carboxylic acids is 1. The fourth-order valence-electron chi connectivity index (χ4n) is 1.65. The van der Waals surface area contributed by atoms with Gasteiger partial charge in [0.15, 0.2) is 0 Å². The van der Waals surface area contributed by atoms with E-state index in [-0.39, 0.29) is 16.5 Å². The summed E-state index contributed by atoms with van der Waals surface area (Å²) in [5.74, 6) is -1.36. The number of benzene rings is 1. The van der Waals surface area contributed by atoms with Gasteiger partial charge in [0.2, 0.25) is 0 Å². The van der Waals surface area contributed by atoms with Crippen LogP contribution >= 0.6 is 34.5 Å². The first kappa shape index (κ1) is 15.1. The summed E-state index contributed by atoms with van der Waals surface area (Å²) in [6.45, 7) is 0.440. The molecule has 1 aromatic heterocycles. The summed E-state index contributed by atoms with van der Waals surface area (Å²) in [5, 5.41) is 12.1. The Kier molecular flexibility index (Phi) is 4.86. The fourth-order valence-corrected chi connectivity index (χ4v) is 3.19. The Hall–Kier alpha value is -1.30. The third kappa shape index (κ3) is 3.85. The summed E-state index contributed by atoms with van der Waals surface area (Å²) >= 11 is 13.2. The zero-order valence-electron chi connectivity index (χ0n) is 10.1. The molecule has 0 aliphatic carbocycles. The van der Waals surface area contributed by atoms with Crippen LogP contribution in [0.25, 0.3) is 0 Å². The molecule has 0 spiro atoms.